The molecule has 0 amide bonds. The Balaban J connectivity index is 2.37. The summed E-state index contributed by atoms with van der Waals surface area (Å²) in [6.45, 7) is 9.36. The van der Waals surface area contributed by atoms with E-state index in [1.807, 2.05) is 26.0 Å². The molecule has 0 radical (unpaired) electrons. The molecule has 1 aromatic rings. The molecule has 0 spiro atoms. The maximum Gasteiger partial charge on any atom is 0.191 e. The summed E-state index contributed by atoms with van der Waals surface area (Å²) in [5.74, 6) is 1.79. The minimum Gasteiger partial charge on any atom is -0.491 e. The van der Waals surface area contributed by atoms with Crippen molar-refractivity contribution in [1.29, 1.82) is 0 Å². The van der Waals surface area contributed by atoms with Gasteiger partial charge in [-0.2, -0.15) is 0 Å². The van der Waals surface area contributed by atoms with Crippen molar-refractivity contribution in [3.63, 3.8) is 0 Å². The summed E-state index contributed by atoms with van der Waals surface area (Å²) < 4.78 is 10.7. The van der Waals surface area contributed by atoms with Gasteiger partial charge in [-0.05, 0) is 51.3 Å². The minimum atomic E-state index is 0.208. The fourth-order valence-corrected chi connectivity index (χ4v) is 2.07. The molecule has 0 atom stereocenters. The van der Waals surface area contributed by atoms with Gasteiger partial charge in [-0.1, -0.05) is 12.1 Å². The van der Waals surface area contributed by atoms with Crippen molar-refractivity contribution >= 4 is 5.96 Å². The molecule has 0 aromatic heterocycles. The largest absolute Gasteiger partial charge is 0.491 e. The van der Waals surface area contributed by atoms with Crippen LogP contribution < -0.4 is 15.4 Å². The first-order valence-corrected chi connectivity index (χ1v) is 8.42. The van der Waals surface area contributed by atoms with E-state index >= 15 is 0 Å². The van der Waals surface area contributed by atoms with Gasteiger partial charge in [0.05, 0.1) is 6.10 Å². The van der Waals surface area contributed by atoms with Crippen molar-refractivity contribution < 1.29 is 9.47 Å². The fraction of sp³-hybridized carbons (Fsp3) is 0.611. The summed E-state index contributed by atoms with van der Waals surface area (Å²) in [6, 6.07) is 8.28. The molecule has 23 heavy (non-hydrogen) atoms. The quantitative estimate of drug-likeness (QED) is 0.395. The van der Waals surface area contributed by atoms with Crippen LogP contribution in [0.25, 0.3) is 0 Å². The molecule has 5 heteroatoms. The summed E-state index contributed by atoms with van der Waals surface area (Å²) in [5, 5.41) is 6.61. The Morgan fingerprint density at radius 2 is 1.91 bits per heavy atom. The lowest BCUT2D eigenvalue weighted by Crippen LogP contribution is -2.38. The molecule has 130 valence electrons. The van der Waals surface area contributed by atoms with Crippen LogP contribution >= 0.6 is 0 Å². The zero-order chi connectivity index (χ0) is 16.9. The zero-order valence-corrected chi connectivity index (χ0v) is 14.9. The summed E-state index contributed by atoms with van der Waals surface area (Å²) in [5.41, 5.74) is 1.28. The molecule has 0 saturated carbocycles. The number of guanidine groups is 1. The predicted octanol–water partition coefficient (Wildman–Crippen LogP) is 2.61. The van der Waals surface area contributed by atoms with Crippen LogP contribution in [0.15, 0.2) is 29.3 Å². The van der Waals surface area contributed by atoms with Gasteiger partial charge >= 0.3 is 0 Å². The molecule has 5 nitrogen and oxygen atoms in total. The Hall–Kier alpha value is -1.75. The van der Waals surface area contributed by atoms with Gasteiger partial charge in [0.1, 0.15) is 5.75 Å². The molecule has 1 rings (SSSR count). The maximum atomic E-state index is 5.65. The van der Waals surface area contributed by atoms with E-state index in [0.29, 0.717) is 0 Å². The third-order valence-corrected chi connectivity index (χ3v) is 3.12. The van der Waals surface area contributed by atoms with E-state index in [0.717, 1.165) is 50.8 Å². The van der Waals surface area contributed by atoms with Crippen molar-refractivity contribution in [2.75, 3.05) is 33.4 Å². The van der Waals surface area contributed by atoms with Crippen LogP contribution in [0.1, 0.15) is 32.8 Å². The van der Waals surface area contributed by atoms with Crippen LogP contribution in [-0.4, -0.2) is 45.4 Å². The molecule has 2 N–H and O–H groups in total. The number of hydrogen-bond acceptors (Lipinski definition) is 3. The molecule has 1 aromatic carbocycles. The van der Waals surface area contributed by atoms with Gasteiger partial charge in [0, 0.05) is 33.4 Å². The van der Waals surface area contributed by atoms with E-state index in [1.54, 1.807) is 7.11 Å². The topological polar surface area (TPSA) is 54.9 Å². The smallest absolute Gasteiger partial charge is 0.191 e. The zero-order valence-electron chi connectivity index (χ0n) is 14.9. The average Bonchev–Trinajstić information content (AvgIpc) is 2.52. The van der Waals surface area contributed by atoms with E-state index in [-0.39, 0.29) is 6.10 Å². The van der Waals surface area contributed by atoms with E-state index < -0.39 is 0 Å². The fourth-order valence-electron chi connectivity index (χ4n) is 2.07. The molecular formula is C18H31N3O2. The second kappa shape index (κ2) is 11.8. The second-order valence-corrected chi connectivity index (χ2v) is 5.59. The Morgan fingerprint density at radius 3 is 2.52 bits per heavy atom. The van der Waals surface area contributed by atoms with Gasteiger partial charge in [-0.25, -0.2) is 0 Å². The molecule has 0 fully saturated rings. The van der Waals surface area contributed by atoms with Gasteiger partial charge in [0.15, 0.2) is 5.96 Å². The number of rotatable bonds is 10. The van der Waals surface area contributed by atoms with E-state index in [9.17, 15) is 0 Å². The molecule has 0 aliphatic rings. The van der Waals surface area contributed by atoms with Crippen molar-refractivity contribution in [2.24, 2.45) is 4.99 Å². The van der Waals surface area contributed by atoms with Crippen molar-refractivity contribution in [3.8, 4) is 5.75 Å². The molecule has 0 unspecified atom stereocenters. The number of nitrogens with one attached hydrogen (secondary N) is 2. The van der Waals surface area contributed by atoms with Crippen LogP contribution in [0, 0.1) is 0 Å². The summed E-state index contributed by atoms with van der Waals surface area (Å²) in [6.07, 6.45) is 2.09. The highest BCUT2D eigenvalue weighted by Gasteiger charge is 2.00. The molecule has 0 heterocycles. The number of benzene rings is 1. The first-order chi connectivity index (χ1) is 11.2. The highest BCUT2D eigenvalue weighted by atomic mass is 16.5. The predicted molar refractivity (Wildman–Crippen MR) is 96.4 cm³/mol. The van der Waals surface area contributed by atoms with Crippen LogP contribution in [0.5, 0.6) is 5.75 Å². The monoisotopic (exact) mass is 321 g/mol. The van der Waals surface area contributed by atoms with Crippen LogP contribution in [-0.2, 0) is 11.2 Å². The van der Waals surface area contributed by atoms with Gasteiger partial charge < -0.3 is 20.1 Å². The van der Waals surface area contributed by atoms with E-state index in [4.69, 9.17) is 9.47 Å². The molecule has 0 saturated heterocycles. The summed E-state index contributed by atoms with van der Waals surface area (Å²) in [4.78, 5) is 4.52. The highest BCUT2D eigenvalue weighted by Crippen LogP contribution is 2.13. The lowest BCUT2D eigenvalue weighted by atomic mass is 10.1. The van der Waals surface area contributed by atoms with Crippen LogP contribution in [0.2, 0.25) is 0 Å². The van der Waals surface area contributed by atoms with Gasteiger partial charge in [-0.15, -0.1) is 0 Å². The number of nitrogens with zero attached hydrogens (tertiary/aromatic N) is 1. The third kappa shape index (κ3) is 9.08. The molecule has 0 bridgehead atoms. The van der Waals surface area contributed by atoms with E-state index in [1.165, 1.54) is 5.56 Å². The average molecular weight is 321 g/mol. The van der Waals surface area contributed by atoms with Crippen molar-refractivity contribution in [2.45, 2.75) is 39.7 Å². The van der Waals surface area contributed by atoms with Crippen molar-refractivity contribution in [1.82, 2.24) is 10.6 Å². The Morgan fingerprint density at radius 1 is 1.17 bits per heavy atom. The van der Waals surface area contributed by atoms with Crippen LogP contribution in [0.4, 0.5) is 0 Å². The van der Waals surface area contributed by atoms with Gasteiger partial charge in [0.2, 0.25) is 0 Å². The molecule has 0 aliphatic heterocycles. The SMILES string of the molecule is CCNC(=NCCCOC)NCCc1ccc(OC(C)C)cc1. The Bertz CT molecular complexity index is 444. The first kappa shape index (κ1) is 19.3. The molecule has 0 aliphatic carbocycles. The first-order valence-electron chi connectivity index (χ1n) is 8.42. The number of methoxy groups -OCH3 is 1. The minimum absolute atomic E-state index is 0.208. The number of ether oxygens (including phenoxy) is 2. The number of aliphatic imine (C=N–C) groups is 1. The Kier molecular flexibility index (Phi) is 9.87. The molecular weight excluding hydrogens is 290 g/mol. The summed E-state index contributed by atoms with van der Waals surface area (Å²) >= 11 is 0. The number of hydrogen-bond donors (Lipinski definition) is 2. The van der Waals surface area contributed by atoms with Crippen LogP contribution in [0.3, 0.4) is 0 Å². The third-order valence-electron chi connectivity index (χ3n) is 3.12. The standard InChI is InChI=1S/C18H31N3O2/c1-5-19-18(20-12-6-14-22-4)21-13-11-16-7-9-17(10-8-16)23-15(2)3/h7-10,15H,5-6,11-14H2,1-4H3,(H2,19,20,21). The van der Waals surface area contributed by atoms with E-state index in [2.05, 4.69) is 34.7 Å². The van der Waals surface area contributed by atoms with Gasteiger partial charge in [0.25, 0.3) is 0 Å². The Labute approximate surface area is 140 Å². The van der Waals surface area contributed by atoms with Gasteiger partial charge in [-0.3, -0.25) is 4.99 Å². The normalized spacial score (nSPS) is 11.6. The second-order valence-electron chi connectivity index (χ2n) is 5.59. The summed E-state index contributed by atoms with van der Waals surface area (Å²) in [7, 11) is 1.71. The highest BCUT2D eigenvalue weighted by molar-refractivity contribution is 5.79. The lowest BCUT2D eigenvalue weighted by molar-refractivity contribution is 0.197. The lowest BCUT2D eigenvalue weighted by Gasteiger charge is -2.12. The maximum absolute atomic E-state index is 5.65. The van der Waals surface area contributed by atoms with Crippen molar-refractivity contribution in [3.05, 3.63) is 29.8 Å².